The summed E-state index contributed by atoms with van der Waals surface area (Å²) < 4.78 is 22.1. The smallest absolute Gasteiger partial charge is 0.251 e. The quantitative estimate of drug-likeness (QED) is 0.513. The van der Waals surface area contributed by atoms with Gasteiger partial charge in [-0.2, -0.15) is 0 Å². The fraction of sp³-hybridized carbons (Fsp3) is 0.280. The van der Waals surface area contributed by atoms with E-state index in [9.17, 15) is 9.18 Å². The first-order valence-corrected chi connectivity index (χ1v) is 10.9. The molecule has 7 heteroatoms. The normalized spacial score (nSPS) is 14.4. The number of benzene rings is 3. The lowest BCUT2D eigenvalue weighted by Gasteiger charge is -2.29. The van der Waals surface area contributed by atoms with Crippen LogP contribution in [0, 0.1) is 5.82 Å². The Hall–Kier alpha value is -3.45. The van der Waals surface area contributed by atoms with Crippen molar-refractivity contribution in [3.63, 3.8) is 0 Å². The van der Waals surface area contributed by atoms with Crippen molar-refractivity contribution in [1.82, 2.24) is 9.55 Å². The molecule has 0 bridgehead atoms. The Morgan fingerprint density at radius 1 is 1.12 bits per heavy atom. The summed E-state index contributed by atoms with van der Waals surface area (Å²) in [4.78, 5) is 19.4. The van der Waals surface area contributed by atoms with E-state index in [1.54, 1.807) is 12.1 Å². The minimum Gasteiger partial charge on any atom is -0.378 e. The van der Waals surface area contributed by atoms with Gasteiger partial charge in [-0.3, -0.25) is 9.36 Å². The predicted molar refractivity (Wildman–Crippen MR) is 124 cm³/mol. The van der Waals surface area contributed by atoms with E-state index in [1.807, 2.05) is 24.3 Å². The van der Waals surface area contributed by atoms with E-state index in [0.29, 0.717) is 36.1 Å². The number of aryl methyl sites for hydroxylation is 1. The zero-order chi connectivity index (χ0) is 22.2. The molecule has 2 N–H and O–H groups in total. The number of anilines is 1. The van der Waals surface area contributed by atoms with Gasteiger partial charge in [-0.1, -0.05) is 31.2 Å². The van der Waals surface area contributed by atoms with Gasteiger partial charge in [0.2, 0.25) is 0 Å². The molecule has 0 saturated carbocycles. The van der Waals surface area contributed by atoms with Crippen LogP contribution in [0.15, 0.2) is 48.5 Å². The Morgan fingerprint density at radius 3 is 2.62 bits per heavy atom. The Bertz CT molecular complexity index is 1320. The van der Waals surface area contributed by atoms with Gasteiger partial charge in [0.1, 0.15) is 17.2 Å². The molecule has 5 rings (SSSR count). The first kappa shape index (κ1) is 20.5. The van der Waals surface area contributed by atoms with Crippen LogP contribution in [0.5, 0.6) is 0 Å². The zero-order valence-electron chi connectivity index (χ0n) is 18.0. The summed E-state index contributed by atoms with van der Waals surface area (Å²) in [6.07, 6.45) is 1.59. The van der Waals surface area contributed by atoms with Crippen LogP contribution in [0.4, 0.5) is 10.1 Å². The average Bonchev–Trinajstić information content (AvgIpc) is 3.17. The number of carbonyl (C=O) groups excluding carboxylic acids is 1. The van der Waals surface area contributed by atoms with Crippen molar-refractivity contribution in [2.45, 2.75) is 19.8 Å². The van der Waals surface area contributed by atoms with Crippen molar-refractivity contribution < 1.29 is 13.9 Å². The number of aromatic nitrogens is 2. The summed E-state index contributed by atoms with van der Waals surface area (Å²) in [6, 6.07) is 14.6. The number of carbonyl (C=O) groups is 1. The summed E-state index contributed by atoms with van der Waals surface area (Å²) in [7, 11) is 0. The number of nitrogens with two attached hydrogens (primary N) is 1. The fourth-order valence-electron chi connectivity index (χ4n) is 4.51. The number of imidazole rings is 1. The Morgan fingerprint density at radius 2 is 1.88 bits per heavy atom. The Balaban J connectivity index is 1.83. The summed E-state index contributed by atoms with van der Waals surface area (Å²) in [5.74, 6) is 0.0419. The second-order valence-electron chi connectivity index (χ2n) is 8.05. The highest BCUT2D eigenvalue weighted by Crippen LogP contribution is 2.33. The van der Waals surface area contributed by atoms with Gasteiger partial charge in [0.05, 0.1) is 30.0 Å². The number of hydrogen-bond donors (Lipinski definition) is 1. The molecule has 0 spiro atoms. The summed E-state index contributed by atoms with van der Waals surface area (Å²) >= 11 is 0. The van der Waals surface area contributed by atoms with Gasteiger partial charge in [-0.15, -0.1) is 0 Å². The molecule has 32 heavy (non-hydrogen) atoms. The van der Waals surface area contributed by atoms with E-state index in [-0.39, 0.29) is 5.82 Å². The first-order chi connectivity index (χ1) is 15.6. The molecule has 0 aliphatic carbocycles. The van der Waals surface area contributed by atoms with Crippen molar-refractivity contribution in [1.29, 1.82) is 0 Å². The topological polar surface area (TPSA) is 73.4 Å². The van der Waals surface area contributed by atoms with Crippen LogP contribution in [0.1, 0.15) is 29.5 Å². The molecule has 2 heterocycles. The van der Waals surface area contributed by atoms with Gasteiger partial charge in [0.25, 0.3) is 5.91 Å². The highest BCUT2D eigenvalue weighted by atomic mass is 19.1. The zero-order valence-corrected chi connectivity index (χ0v) is 18.0. The number of rotatable bonds is 5. The molecule has 0 unspecified atom stereocenters. The van der Waals surface area contributed by atoms with Crippen LogP contribution in [-0.4, -0.2) is 41.8 Å². The minimum atomic E-state index is -0.512. The van der Waals surface area contributed by atoms with Crippen molar-refractivity contribution in [3.8, 4) is 5.69 Å². The SMILES string of the molecule is CCCc1nc2c(C(N)=O)cc(N3CCOCC3)cc2n1-c1cccc2c(F)cccc12. The van der Waals surface area contributed by atoms with E-state index in [1.165, 1.54) is 6.07 Å². The number of primary amides is 1. The molecule has 164 valence electrons. The summed E-state index contributed by atoms with van der Waals surface area (Å²) in [5, 5.41) is 1.34. The van der Waals surface area contributed by atoms with E-state index >= 15 is 0 Å². The first-order valence-electron chi connectivity index (χ1n) is 10.9. The molecular formula is C25H25FN4O2. The largest absolute Gasteiger partial charge is 0.378 e. The molecule has 1 saturated heterocycles. The maximum absolute atomic E-state index is 14.5. The molecule has 6 nitrogen and oxygen atoms in total. The van der Waals surface area contributed by atoms with Gasteiger partial charge >= 0.3 is 0 Å². The number of hydrogen-bond acceptors (Lipinski definition) is 4. The number of fused-ring (bicyclic) bond motifs is 2. The lowest BCUT2D eigenvalue weighted by Crippen LogP contribution is -2.36. The van der Waals surface area contributed by atoms with Crippen molar-refractivity contribution in [2.24, 2.45) is 5.73 Å². The van der Waals surface area contributed by atoms with Gasteiger partial charge in [-0.05, 0) is 30.7 Å². The Labute approximate surface area is 185 Å². The number of ether oxygens (including phenoxy) is 1. The number of amides is 1. The standard InChI is InChI=1S/C25H25FN4O2/c1-2-5-23-28-24-19(25(27)31)14-16(29-10-12-32-13-11-29)15-22(24)30(23)21-9-4-6-17-18(21)7-3-8-20(17)26/h3-4,6-9,14-15H,2,5,10-13H2,1H3,(H2,27,31). The van der Waals surface area contributed by atoms with Crippen molar-refractivity contribution in [2.75, 3.05) is 31.2 Å². The van der Waals surface area contributed by atoms with Crippen LogP contribution >= 0.6 is 0 Å². The second kappa shape index (κ2) is 8.24. The second-order valence-corrected chi connectivity index (χ2v) is 8.05. The number of nitrogens with zero attached hydrogens (tertiary/aromatic N) is 3. The third kappa shape index (κ3) is 3.39. The van der Waals surface area contributed by atoms with Crippen LogP contribution in [-0.2, 0) is 11.2 Å². The van der Waals surface area contributed by atoms with Crippen molar-refractivity contribution >= 4 is 33.4 Å². The van der Waals surface area contributed by atoms with Crippen LogP contribution in [0.2, 0.25) is 0 Å². The summed E-state index contributed by atoms with van der Waals surface area (Å²) in [5.41, 5.74) is 9.29. The van der Waals surface area contributed by atoms with Gasteiger partial charge in [0.15, 0.2) is 0 Å². The molecule has 1 amide bonds. The Kier molecular flexibility index (Phi) is 5.27. The van der Waals surface area contributed by atoms with Gasteiger partial charge in [-0.25, -0.2) is 9.37 Å². The maximum atomic E-state index is 14.5. The molecule has 4 aromatic rings. The van der Waals surface area contributed by atoms with E-state index in [4.69, 9.17) is 15.5 Å². The van der Waals surface area contributed by atoms with Gasteiger partial charge < -0.3 is 15.4 Å². The van der Waals surface area contributed by atoms with Crippen LogP contribution in [0.3, 0.4) is 0 Å². The third-order valence-electron chi connectivity index (χ3n) is 6.02. The van der Waals surface area contributed by atoms with Crippen LogP contribution in [0.25, 0.3) is 27.5 Å². The lowest BCUT2D eigenvalue weighted by molar-refractivity contribution is 0.100. The molecule has 1 fully saturated rings. The summed E-state index contributed by atoms with van der Waals surface area (Å²) in [6.45, 7) is 4.82. The minimum absolute atomic E-state index is 0.266. The maximum Gasteiger partial charge on any atom is 0.251 e. The fourth-order valence-corrected chi connectivity index (χ4v) is 4.51. The molecule has 1 aliphatic heterocycles. The predicted octanol–water partition coefficient (Wildman–Crippen LogP) is 4.21. The third-order valence-corrected chi connectivity index (χ3v) is 6.02. The molecule has 0 atom stereocenters. The molecular weight excluding hydrogens is 407 g/mol. The number of halogens is 1. The highest BCUT2D eigenvalue weighted by Gasteiger charge is 2.22. The van der Waals surface area contributed by atoms with Gasteiger partial charge in [0, 0.05) is 36.0 Å². The van der Waals surface area contributed by atoms with E-state index in [2.05, 4.69) is 22.5 Å². The lowest BCUT2D eigenvalue weighted by atomic mass is 10.1. The van der Waals surface area contributed by atoms with Crippen LogP contribution < -0.4 is 10.6 Å². The van der Waals surface area contributed by atoms with E-state index < -0.39 is 5.91 Å². The van der Waals surface area contributed by atoms with E-state index in [0.717, 1.165) is 47.6 Å². The number of morpholine rings is 1. The highest BCUT2D eigenvalue weighted by molar-refractivity contribution is 6.06. The monoisotopic (exact) mass is 432 g/mol. The molecule has 3 aromatic carbocycles. The molecule has 1 aliphatic rings. The van der Waals surface area contributed by atoms with Crippen molar-refractivity contribution in [3.05, 3.63) is 65.7 Å². The molecule has 1 aromatic heterocycles. The molecule has 0 radical (unpaired) electrons. The average molecular weight is 432 g/mol.